The molecule has 8 heteroatoms. The summed E-state index contributed by atoms with van der Waals surface area (Å²) in [5.74, 6) is -0.339. The van der Waals surface area contributed by atoms with E-state index in [1.54, 1.807) is 0 Å². The number of unbranched alkanes of at least 4 members (excludes halogenated alkanes) is 6. The SMILES string of the molecule is CCCCCCOP(=O)(CP(=O)(OC)OCCCCCC)OC. The van der Waals surface area contributed by atoms with Gasteiger partial charge in [-0.1, -0.05) is 52.4 Å². The molecule has 0 saturated heterocycles. The predicted octanol–water partition coefficient (Wildman–Crippen LogP) is 5.82. The summed E-state index contributed by atoms with van der Waals surface area (Å²) in [6, 6.07) is 0. The molecule has 0 radical (unpaired) electrons. The van der Waals surface area contributed by atoms with E-state index in [9.17, 15) is 9.13 Å². The van der Waals surface area contributed by atoms with Crippen LogP contribution in [0.2, 0.25) is 0 Å². The van der Waals surface area contributed by atoms with Crippen molar-refractivity contribution in [3.63, 3.8) is 0 Å². The fourth-order valence-corrected chi connectivity index (χ4v) is 6.28. The second-order valence-corrected chi connectivity index (χ2v) is 10.3. The van der Waals surface area contributed by atoms with Gasteiger partial charge >= 0.3 is 15.2 Å². The highest BCUT2D eigenvalue weighted by molar-refractivity contribution is 7.71. The molecule has 6 nitrogen and oxygen atoms in total. The molecular formula is C15H34O6P2. The summed E-state index contributed by atoms with van der Waals surface area (Å²) in [6.45, 7) is 4.89. The van der Waals surface area contributed by atoms with Gasteiger partial charge in [-0.2, -0.15) is 0 Å². The van der Waals surface area contributed by atoms with Crippen LogP contribution in [0, 0.1) is 0 Å². The van der Waals surface area contributed by atoms with Crippen LogP contribution in [0.1, 0.15) is 65.2 Å². The Kier molecular flexibility index (Phi) is 13.8. The van der Waals surface area contributed by atoms with Gasteiger partial charge in [0.1, 0.15) is 0 Å². The maximum Gasteiger partial charge on any atom is 0.342 e. The van der Waals surface area contributed by atoms with Crippen molar-refractivity contribution in [1.82, 2.24) is 0 Å². The van der Waals surface area contributed by atoms with Crippen molar-refractivity contribution in [3.05, 3.63) is 0 Å². The normalized spacial score (nSPS) is 16.9. The highest BCUT2D eigenvalue weighted by Crippen LogP contribution is 2.63. The summed E-state index contributed by atoms with van der Waals surface area (Å²) in [6.07, 6.45) is 8.08. The van der Waals surface area contributed by atoms with Crippen LogP contribution >= 0.6 is 15.2 Å². The Morgan fingerprint density at radius 1 is 0.652 bits per heavy atom. The predicted molar refractivity (Wildman–Crippen MR) is 94.3 cm³/mol. The second-order valence-electron chi connectivity index (χ2n) is 5.52. The molecule has 0 aromatic heterocycles. The van der Waals surface area contributed by atoms with E-state index >= 15 is 0 Å². The van der Waals surface area contributed by atoms with Gasteiger partial charge in [0, 0.05) is 14.2 Å². The Hall–Kier alpha value is 0.300. The summed E-state index contributed by atoms with van der Waals surface area (Å²) in [5, 5.41) is 0. The minimum absolute atomic E-state index is 0.325. The van der Waals surface area contributed by atoms with Gasteiger partial charge in [0.2, 0.25) is 0 Å². The van der Waals surface area contributed by atoms with Crippen molar-refractivity contribution in [3.8, 4) is 0 Å². The lowest BCUT2D eigenvalue weighted by molar-refractivity contribution is 0.215. The largest absolute Gasteiger partial charge is 0.342 e. The first kappa shape index (κ1) is 23.3. The van der Waals surface area contributed by atoms with Gasteiger partial charge in [-0.15, -0.1) is 0 Å². The summed E-state index contributed by atoms with van der Waals surface area (Å²) in [5.41, 5.74) is 0. The molecule has 2 unspecified atom stereocenters. The van der Waals surface area contributed by atoms with Crippen LogP contribution in [-0.4, -0.2) is 33.3 Å². The van der Waals surface area contributed by atoms with Gasteiger partial charge in [-0.25, -0.2) is 0 Å². The van der Waals surface area contributed by atoms with Crippen molar-refractivity contribution in [2.45, 2.75) is 65.2 Å². The lowest BCUT2D eigenvalue weighted by Crippen LogP contribution is -2.05. The van der Waals surface area contributed by atoms with Crippen molar-refractivity contribution in [2.24, 2.45) is 0 Å². The van der Waals surface area contributed by atoms with Crippen molar-refractivity contribution in [2.75, 3.05) is 33.3 Å². The van der Waals surface area contributed by atoms with E-state index < -0.39 is 15.2 Å². The zero-order valence-electron chi connectivity index (χ0n) is 15.1. The standard InChI is InChI=1S/C15H34O6P2/c1-5-7-9-11-13-20-22(16,18-3)15-23(17,19-4)21-14-12-10-8-6-2/h5-15H2,1-4H3. The zero-order chi connectivity index (χ0) is 17.6. The average Bonchev–Trinajstić information content (AvgIpc) is 2.54. The monoisotopic (exact) mass is 372 g/mol. The Labute approximate surface area is 141 Å². The molecule has 0 rings (SSSR count). The molecule has 0 fully saturated rings. The van der Waals surface area contributed by atoms with Gasteiger partial charge in [-0.3, -0.25) is 9.13 Å². The third-order valence-electron chi connectivity index (χ3n) is 3.47. The lowest BCUT2D eigenvalue weighted by Gasteiger charge is -2.21. The molecular weight excluding hydrogens is 338 g/mol. The van der Waals surface area contributed by atoms with Crippen LogP contribution < -0.4 is 0 Å². The molecule has 0 spiro atoms. The highest BCUT2D eigenvalue weighted by atomic mass is 31.2. The van der Waals surface area contributed by atoms with E-state index in [1.807, 2.05) is 0 Å². The van der Waals surface area contributed by atoms with Crippen LogP contribution in [0.25, 0.3) is 0 Å². The molecule has 0 aromatic carbocycles. The summed E-state index contributed by atoms with van der Waals surface area (Å²) < 4.78 is 45.8. The summed E-state index contributed by atoms with van der Waals surface area (Å²) >= 11 is 0. The number of hydrogen-bond donors (Lipinski definition) is 0. The fraction of sp³-hybridized carbons (Fsp3) is 1.00. The van der Waals surface area contributed by atoms with Crippen LogP contribution in [0.4, 0.5) is 0 Å². The number of hydrogen-bond acceptors (Lipinski definition) is 6. The lowest BCUT2D eigenvalue weighted by atomic mass is 10.2. The van der Waals surface area contributed by atoms with Crippen molar-refractivity contribution < 1.29 is 27.2 Å². The van der Waals surface area contributed by atoms with E-state index in [2.05, 4.69) is 13.8 Å². The Morgan fingerprint density at radius 2 is 1.04 bits per heavy atom. The van der Waals surface area contributed by atoms with Crippen LogP contribution in [0.5, 0.6) is 0 Å². The van der Waals surface area contributed by atoms with Crippen LogP contribution in [-0.2, 0) is 27.2 Å². The zero-order valence-corrected chi connectivity index (χ0v) is 16.9. The topological polar surface area (TPSA) is 71.1 Å². The third kappa shape index (κ3) is 11.5. The van der Waals surface area contributed by atoms with E-state index in [0.717, 1.165) is 51.4 Å². The fourth-order valence-electron chi connectivity index (χ4n) is 1.98. The maximum atomic E-state index is 12.5. The molecule has 140 valence electrons. The molecule has 0 aliphatic heterocycles. The van der Waals surface area contributed by atoms with E-state index in [4.69, 9.17) is 18.1 Å². The molecule has 0 aromatic rings. The quantitative estimate of drug-likeness (QED) is 0.251. The minimum Gasteiger partial charge on any atom is -0.311 e. The van der Waals surface area contributed by atoms with Crippen LogP contribution in [0.15, 0.2) is 0 Å². The first-order chi connectivity index (χ1) is 10.9. The van der Waals surface area contributed by atoms with E-state index in [0.29, 0.717) is 13.2 Å². The summed E-state index contributed by atoms with van der Waals surface area (Å²) in [4.78, 5) is 0. The molecule has 0 aliphatic rings. The van der Waals surface area contributed by atoms with Gasteiger partial charge < -0.3 is 18.1 Å². The van der Waals surface area contributed by atoms with Crippen LogP contribution in [0.3, 0.4) is 0 Å². The molecule has 0 bridgehead atoms. The molecule has 23 heavy (non-hydrogen) atoms. The molecule has 0 heterocycles. The van der Waals surface area contributed by atoms with E-state index in [-0.39, 0.29) is 5.90 Å². The van der Waals surface area contributed by atoms with Gasteiger partial charge in [0.05, 0.1) is 13.2 Å². The first-order valence-electron chi connectivity index (χ1n) is 8.54. The van der Waals surface area contributed by atoms with Crippen molar-refractivity contribution in [1.29, 1.82) is 0 Å². The second kappa shape index (κ2) is 13.6. The Balaban J connectivity index is 4.34. The summed E-state index contributed by atoms with van der Waals surface area (Å²) in [7, 11) is -4.32. The molecule has 0 N–H and O–H groups in total. The minimum atomic E-state index is -3.46. The molecule has 0 saturated carbocycles. The van der Waals surface area contributed by atoms with Gasteiger partial charge in [0.15, 0.2) is 5.90 Å². The van der Waals surface area contributed by atoms with Gasteiger partial charge in [0.25, 0.3) is 0 Å². The Bertz CT molecular complexity index is 341. The average molecular weight is 372 g/mol. The third-order valence-corrected chi connectivity index (χ3v) is 8.51. The highest BCUT2D eigenvalue weighted by Gasteiger charge is 2.37. The molecule has 0 aliphatic carbocycles. The number of rotatable bonds is 16. The smallest absolute Gasteiger partial charge is 0.311 e. The van der Waals surface area contributed by atoms with Crippen molar-refractivity contribution >= 4 is 15.2 Å². The maximum absolute atomic E-state index is 12.5. The Morgan fingerprint density at radius 3 is 1.35 bits per heavy atom. The first-order valence-corrected chi connectivity index (χ1v) is 12.0. The van der Waals surface area contributed by atoms with E-state index in [1.165, 1.54) is 14.2 Å². The molecule has 2 atom stereocenters. The van der Waals surface area contributed by atoms with Gasteiger partial charge in [-0.05, 0) is 12.8 Å². The molecule has 0 amide bonds.